The fourth-order valence-electron chi connectivity index (χ4n) is 4.80. The first-order chi connectivity index (χ1) is 13.6. The fraction of sp³-hybridized carbons (Fsp3) is 0.600. The van der Waals surface area contributed by atoms with Gasteiger partial charge in [-0.05, 0) is 67.2 Å². The Morgan fingerprint density at radius 2 is 1.57 bits per heavy atom. The molecule has 1 fully saturated rings. The number of unbranched alkanes of at least 4 members (excludes halogenated alkanes) is 4. The smallest absolute Gasteiger partial charge is 0.194 e. The first kappa shape index (κ1) is 21.2. The minimum absolute atomic E-state index is 0.0761. The van der Waals surface area contributed by atoms with Gasteiger partial charge < -0.3 is 0 Å². The van der Waals surface area contributed by atoms with E-state index in [-0.39, 0.29) is 5.92 Å². The summed E-state index contributed by atoms with van der Waals surface area (Å²) < 4.78 is 40.2. The van der Waals surface area contributed by atoms with E-state index in [1.165, 1.54) is 69.8 Å². The molecule has 0 saturated heterocycles. The van der Waals surface area contributed by atoms with Gasteiger partial charge in [-0.25, -0.2) is 13.2 Å². The van der Waals surface area contributed by atoms with Crippen LogP contribution in [0.1, 0.15) is 89.0 Å². The molecule has 3 rings (SSSR count). The summed E-state index contributed by atoms with van der Waals surface area (Å²) in [7, 11) is 0. The molecule has 0 aliphatic heterocycles. The highest BCUT2D eigenvalue weighted by Crippen LogP contribution is 2.39. The molecular weight excluding hydrogens is 357 g/mol. The van der Waals surface area contributed by atoms with E-state index in [0.29, 0.717) is 11.5 Å². The van der Waals surface area contributed by atoms with E-state index in [2.05, 4.69) is 19.1 Å². The van der Waals surface area contributed by atoms with Gasteiger partial charge >= 0.3 is 0 Å². The SMILES string of the molecule is CCCCCCC[C@H]1CC[C@H](C2=CCC(c3cc(F)c(F)c(F)c3)C=C2)CC1. The molecule has 0 bridgehead atoms. The molecule has 28 heavy (non-hydrogen) atoms. The van der Waals surface area contributed by atoms with Crippen LogP contribution < -0.4 is 0 Å². The van der Waals surface area contributed by atoms with Crippen molar-refractivity contribution in [3.8, 4) is 0 Å². The third-order valence-electron chi connectivity index (χ3n) is 6.60. The van der Waals surface area contributed by atoms with Crippen molar-refractivity contribution in [2.45, 2.75) is 83.5 Å². The molecule has 0 heterocycles. The van der Waals surface area contributed by atoms with Crippen molar-refractivity contribution in [3.05, 3.63) is 58.9 Å². The highest BCUT2D eigenvalue weighted by Gasteiger charge is 2.24. The number of benzene rings is 1. The van der Waals surface area contributed by atoms with Crippen molar-refractivity contribution in [2.75, 3.05) is 0 Å². The van der Waals surface area contributed by atoms with Gasteiger partial charge in [-0.2, -0.15) is 0 Å². The standard InChI is InChI=1S/C25H33F3/c1-2-3-4-5-6-7-18-8-10-19(11-9-18)20-12-14-21(15-13-20)22-16-23(26)25(28)24(27)17-22/h12-14,16-19,21H,2-11,15H2,1H3/t18-,19-,21?. The molecule has 154 valence electrons. The van der Waals surface area contributed by atoms with Crippen molar-refractivity contribution in [2.24, 2.45) is 11.8 Å². The molecule has 1 saturated carbocycles. The molecule has 3 heteroatoms. The van der Waals surface area contributed by atoms with Gasteiger partial charge in [-0.1, -0.05) is 63.7 Å². The lowest BCUT2D eigenvalue weighted by atomic mass is 9.75. The number of rotatable bonds is 8. The summed E-state index contributed by atoms with van der Waals surface area (Å²) in [5.41, 5.74) is 1.88. The average Bonchev–Trinajstić information content (AvgIpc) is 2.72. The van der Waals surface area contributed by atoms with Crippen LogP contribution in [0.2, 0.25) is 0 Å². The highest BCUT2D eigenvalue weighted by molar-refractivity contribution is 5.35. The van der Waals surface area contributed by atoms with Crippen LogP contribution in [0.15, 0.2) is 35.9 Å². The molecule has 0 amide bonds. The molecule has 0 aromatic heterocycles. The van der Waals surface area contributed by atoms with Gasteiger partial charge in [-0.15, -0.1) is 0 Å². The quantitative estimate of drug-likeness (QED) is 0.310. The second kappa shape index (κ2) is 10.3. The van der Waals surface area contributed by atoms with Crippen LogP contribution in [0.3, 0.4) is 0 Å². The van der Waals surface area contributed by atoms with Gasteiger partial charge in [0, 0.05) is 5.92 Å². The monoisotopic (exact) mass is 390 g/mol. The maximum absolute atomic E-state index is 13.5. The average molecular weight is 391 g/mol. The van der Waals surface area contributed by atoms with Crippen molar-refractivity contribution in [1.82, 2.24) is 0 Å². The van der Waals surface area contributed by atoms with Crippen LogP contribution >= 0.6 is 0 Å². The molecule has 1 atom stereocenters. The second-order valence-corrected chi connectivity index (χ2v) is 8.62. The van der Waals surface area contributed by atoms with E-state index in [4.69, 9.17) is 0 Å². The summed E-state index contributed by atoms with van der Waals surface area (Å²) >= 11 is 0. The molecule has 1 unspecified atom stereocenters. The van der Waals surface area contributed by atoms with Crippen LogP contribution in [-0.4, -0.2) is 0 Å². The van der Waals surface area contributed by atoms with Gasteiger partial charge in [0.2, 0.25) is 0 Å². The zero-order valence-corrected chi connectivity index (χ0v) is 17.0. The third kappa shape index (κ3) is 5.52. The Labute approximate surface area is 167 Å². The Kier molecular flexibility index (Phi) is 7.82. The van der Waals surface area contributed by atoms with E-state index < -0.39 is 17.5 Å². The van der Waals surface area contributed by atoms with E-state index >= 15 is 0 Å². The lowest BCUT2D eigenvalue weighted by molar-refractivity contribution is 0.283. The Hall–Kier alpha value is -1.51. The Morgan fingerprint density at radius 3 is 2.18 bits per heavy atom. The van der Waals surface area contributed by atoms with Crippen LogP contribution in [0.4, 0.5) is 13.2 Å². The first-order valence-electron chi connectivity index (χ1n) is 11.1. The van der Waals surface area contributed by atoms with Gasteiger partial charge in [-0.3, -0.25) is 0 Å². The second-order valence-electron chi connectivity index (χ2n) is 8.62. The molecule has 2 aliphatic rings. The summed E-state index contributed by atoms with van der Waals surface area (Å²) in [6.07, 6.45) is 20.5. The van der Waals surface area contributed by atoms with Crippen LogP contribution in [0.25, 0.3) is 0 Å². The van der Waals surface area contributed by atoms with Crippen molar-refractivity contribution in [1.29, 1.82) is 0 Å². The maximum Gasteiger partial charge on any atom is 0.194 e. The van der Waals surface area contributed by atoms with E-state index in [0.717, 1.165) is 24.5 Å². The molecule has 0 N–H and O–H groups in total. The Morgan fingerprint density at radius 1 is 0.893 bits per heavy atom. The third-order valence-corrected chi connectivity index (χ3v) is 6.60. The normalized spacial score (nSPS) is 25.0. The molecule has 0 radical (unpaired) electrons. The molecule has 0 nitrogen and oxygen atoms in total. The van der Waals surface area contributed by atoms with Gasteiger partial charge in [0.25, 0.3) is 0 Å². The predicted molar refractivity (Wildman–Crippen MR) is 110 cm³/mol. The Balaban J connectivity index is 1.46. The summed E-state index contributed by atoms with van der Waals surface area (Å²) in [4.78, 5) is 0. The van der Waals surface area contributed by atoms with E-state index in [1.54, 1.807) is 0 Å². The van der Waals surface area contributed by atoms with Crippen molar-refractivity contribution >= 4 is 0 Å². The summed E-state index contributed by atoms with van der Waals surface area (Å²) in [6, 6.07) is 2.25. The van der Waals surface area contributed by atoms with Crippen molar-refractivity contribution in [3.63, 3.8) is 0 Å². The van der Waals surface area contributed by atoms with Crippen LogP contribution in [0, 0.1) is 29.3 Å². The largest absolute Gasteiger partial charge is 0.204 e. The zero-order chi connectivity index (χ0) is 19.9. The molecule has 2 aliphatic carbocycles. The number of halogens is 3. The summed E-state index contributed by atoms with van der Waals surface area (Å²) in [6.45, 7) is 2.26. The summed E-state index contributed by atoms with van der Waals surface area (Å²) in [5.74, 6) is -2.16. The number of hydrogen-bond acceptors (Lipinski definition) is 0. The van der Waals surface area contributed by atoms with E-state index in [1.807, 2.05) is 6.08 Å². The zero-order valence-electron chi connectivity index (χ0n) is 17.0. The topological polar surface area (TPSA) is 0 Å². The fourth-order valence-corrected chi connectivity index (χ4v) is 4.80. The number of allylic oxidation sites excluding steroid dienone is 4. The van der Waals surface area contributed by atoms with Crippen LogP contribution in [-0.2, 0) is 0 Å². The van der Waals surface area contributed by atoms with Crippen LogP contribution in [0.5, 0.6) is 0 Å². The first-order valence-corrected chi connectivity index (χ1v) is 11.1. The van der Waals surface area contributed by atoms with Crippen molar-refractivity contribution < 1.29 is 13.2 Å². The molecular formula is C25H33F3. The summed E-state index contributed by atoms with van der Waals surface area (Å²) in [5, 5.41) is 0. The lowest BCUT2D eigenvalue weighted by Gasteiger charge is -2.31. The highest BCUT2D eigenvalue weighted by atomic mass is 19.2. The lowest BCUT2D eigenvalue weighted by Crippen LogP contribution is -2.17. The van der Waals surface area contributed by atoms with Gasteiger partial charge in [0.1, 0.15) is 0 Å². The van der Waals surface area contributed by atoms with E-state index in [9.17, 15) is 13.2 Å². The molecule has 1 aromatic rings. The predicted octanol–water partition coefficient (Wildman–Crippen LogP) is 8.24. The molecule has 1 aromatic carbocycles. The Bertz CT molecular complexity index is 673. The maximum atomic E-state index is 13.5. The minimum atomic E-state index is -1.39. The minimum Gasteiger partial charge on any atom is -0.204 e. The number of hydrogen-bond donors (Lipinski definition) is 0. The molecule has 0 spiro atoms. The van der Waals surface area contributed by atoms with Gasteiger partial charge in [0.05, 0.1) is 0 Å². The van der Waals surface area contributed by atoms with Gasteiger partial charge in [0.15, 0.2) is 17.5 Å².